The number of aromatic nitrogens is 2. The van der Waals surface area contributed by atoms with Crippen LogP contribution in [-0.2, 0) is 4.79 Å². The first-order valence-corrected chi connectivity index (χ1v) is 8.88. The molecule has 1 fully saturated rings. The number of amides is 1. The lowest BCUT2D eigenvalue weighted by atomic mass is 10.0. The number of carbonyl (C=O) groups is 1. The molecule has 0 saturated carbocycles. The summed E-state index contributed by atoms with van der Waals surface area (Å²) in [7, 11) is 2.02. The van der Waals surface area contributed by atoms with E-state index in [-0.39, 0.29) is 10.9 Å². The van der Waals surface area contributed by atoms with Gasteiger partial charge in [-0.1, -0.05) is 11.6 Å². The Hall–Kier alpha value is -2.25. The van der Waals surface area contributed by atoms with E-state index in [0.29, 0.717) is 18.3 Å². The summed E-state index contributed by atoms with van der Waals surface area (Å²) in [6.45, 7) is 1.95. The van der Waals surface area contributed by atoms with Crippen LogP contribution in [-0.4, -0.2) is 53.7 Å². The third-order valence-corrected chi connectivity index (χ3v) is 4.88. The SMILES string of the molecule is CN(c1cccnn1)C1CCN(CC(=O)Nc2ccc(F)c(Cl)c2)CC1. The van der Waals surface area contributed by atoms with Crippen LogP contribution in [0.2, 0.25) is 5.02 Å². The molecule has 2 heterocycles. The minimum Gasteiger partial charge on any atom is -0.355 e. The van der Waals surface area contributed by atoms with Crippen LogP contribution in [0.5, 0.6) is 0 Å². The maximum absolute atomic E-state index is 13.2. The molecular weight excluding hydrogens is 357 g/mol. The van der Waals surface area contributed by atoms with Gasteiger partial charge >= 0.3 is 0 Å². The molecule has 1 amide bonds. The largest absolute Gasteiger partial charge is 0.355 e. The zero-order chi connectivity index (χ0) is 18.5. The van der Waals surface area contributed by atoms with Gasteiger partial charge in [0.25, 0.3) is 0 Å². The zero-order valence-electron chi connectivity index (χ0n) is 14.5. The summed E-state index contributed by atoms with van der Waals surface area (Å²) in [5.74, 6) is 0.226. The Morgan fingerprint density at radius 2 is 2.15 bits per heavy atom. The van der Waals surface area contributed by atoms with Gasteiger partial charge in [-0.25, -0.2) is 4.39 Å². The Kier molecular flexibility index (Phi) is 6.00. The number of carbonyl (C=O) groups excluding carboxylic acids is 1. The molecule has 0 radical (unpaired) electrons. The second-order valence-electron chi connectivity index (χ2n) is 6.38. The smallest absolute Gasteiger partial charge is 0.238 e. The summed E-state index contributed by atoms with van der Waals surface area (Å²) in [5, 5.41) is 10.8. The molecule has 2 aromatic rings. The second-order valence-corrected chi connectivity index (χ2v) is 6.78. The summed E-state index contributed by atoms with van der Waals surface area (Å²) in [4.78, 5) is 16.5. The highest BCUT2D eigenvalue weighted by atomic mass is 35.5. The Morgan fingerprint density at radius 3 is 2.81 bits per heavy atom. The van der Waals surface area contributed by atoms with E-state index >= 15 is 0 Å². The first-order chi connectivity index (χ1) is 12.5. The Balaban J connectivity index is 1.47. The molecule has 1 aromatic heterocycles. The van der Waals surface area contributed by atoms with E-state index in [1.54, 1.807) is 6.20 Å². The number of nitrogens with zero attached hydrogens (tertiary/aromatic N) is 4. The van der Waals surface area contributed by atoms with Crippen LogP contribution in [0.15, 0.2) is 36.5 Å². The van der Waals surface area contributed by atoms with Gasteiger partial charge in [-0.05, 0) is 43.2 Å². The Bertz CT molecular complexity index is 753. The fraction of sp³-hybridized carbons (Fsp3) is 0.389. The average Bonchev–Trinajstić information content (AvgIpc) is 2.65. The van der Waals surface area contributed by atoms with E-state index in [1.165, 1.54) is 18.2 Å². The molecule has 1 saturated heterocycles. The van der Waals surface area contributed by atoms with E-state index in [2.05, 4.69) is 25.3 Å². The molecule has 1 aromatic carbocycles. The average molecular weight is 378 g/mol. The molecular formula is C18H21ClFN5O. The topological polar surface area (TPSA) is 61.4 Å². The van der Waals surface area contributed by atoms with Crippen LogP contribution in [0.4, 0.5) is 15.9 Å². The van der Waals surface area contributed by atoms with Crippen LogP contribution in [0.1, 0.15) is 12.8 Å². The zero-order valence-corrected chi connectivity index (χ0v) is 15.3. The first-order valence-electron chi connectivity index (χ1n) is 8.51. The van der Waals surface area contributed by atoms with Gasteiger partial charge in [0.15, 0.2) is 5.82 Å². The summed E-state index contributed by atoms with van der Waals surface area (Å²) in [5.41, 5.74) is 0.499. The summed E-state index contributed by atoms with van der Waals surface area (Å²) in [6, 6.07) is 8.35. The Morgan fingerprint density at radius 1 is 1.38 bits per heavy atom. The minimum absolute atomic E-state index is 0.00402. The molecule has 1 aliphatic rings. The fourth-order valence-corrected chi connectivity index (χ4v) is 3.29. The molecule has 6 nitrogen and oxygen atoms in total. The van der Waals surface area contributed by atoms with Crippen molar-refractivity contribution in [2.45, 2.75) is 18.9 Å². The van der Waals surface area contributed by atoms with Gasteiger partial charge in [0, 0.05) is 38.1 Å². The van der Waals surface area contributed by atoms with Gasteiger partial charge in [-0.3, -0.25) is 9.69 Å². The minimum atomic E-state index is -0.501. The van der Waals surface area contributed by atoms with Crippen LogP contribution >= 0.6 is 11.6 Å². The third-order valence-electron chi connectivity index (χ3n) is 4.59. The van der Waals surface area contributed by atoms with E-state index < -0.39 is 5.82 Å². The number of piperidine rings is 1. The normalized spacial score (nSPS) is 15.7. The van der Waals surface area contributed by atoms with Crippen molar-refractivity contribution in [1.29, 1.82) is 0 Å². The van der Waals surface area contributed by atoms with Gasteiger partial charge in [-0.15, -0.1) is 5.10 Å². The molecule has 3 rings (SSSR count). The van der Waals surface area contributed by atoms with E-state index in [4.69, 9.17) is 11.6 Å². The molecule has 138 valence electrons. The fourth-order valence-electron chi connectivity index (χ4n) is 3.11. The van der Waals surface area contributed by atoms with Crippen molar-refractivity contribution in [1.82, 2.24) is 15.1 Å². The van der Waals surface area contributed by atoms with Crippen molar-refractivity contribution in [3.8, 4) is 0 Å². The number of hydrogen-bond acceptors (Lipinski definition) is 5. The maximum atomic E-state index is 13.2. The number of benzene rings is 1. The van der Waals surface area contributed by atoms with E-state index in [0.717, 1.165) is 31.7 Å². The standard InChI is InChI=1S/C18H21ClFN5O/c1-24(17-3-2-8-21-23-17)14-6-9-25(10-7-14)12-18(26)22-13-4-5-16(20)15(19)11-13/h2-5,8,11,14H,6-7,9-10,12H2,1H3,(H,22,26). The molecule has 0 atom stereocenters. The molecule has 0 spiro atoms. The number of hydrogen-bond donors (Lipinski definition) is 1. The number of likely N-dealkylation sites (tertiary alicyclic amines) is 1. The highest BCUT2D eigenvalue weighted by Crippen LogP contribution is 2.21. The second kappa shape index (κ2) is 8.42. The van der Waals surface area contributed by atoms with Crippen molar-refractivity contribution in [2.75, 3.05) is 36.9 Å². The monoisotopic (exact) mass is 377 g/mol. The summed E-state index contributed by atoms with van der Waals surface area (Å²) in [6.07, 6.45) is 3.55. The lowest BCUT2D eigenvalue weighted by molar-refractivity contribution is -0.117. The van der Waals surface area contributed by atoms with Crippen molar-refractivity contribution < 1.29 is 9.18 Å². The highest BCUT2D eigenvalue weighted by Gasteiger charge is 2.24. The van der Waals surface area contributed by atoms with Crippen molar-refractivity contribution in [3.05, 3.63) is 47.4 Å². The highest BCUT2D eigenvalue weighted by molar-refractivity contribution is 6.31. The van der Waals surface area contributed by atoms with Crippen LogP contribution in [0.25, 0.3) is 0 Å². The molecule has 0 aliphatic carbocycles. The van der Waals surface area contributed by atoms with Gasteiger partial charge < -0.3 is 10.2 Å². The molecule has 26 heavy (non-hydrogen) atoms. The molecule has 0 unspecified atom stereocenters. The first kappa shape index (κ1) is 18.5. The third kappa shape index (κ3) is 4.68. The van der Waals surface area contributed by atoms with Crippen LogP contribution in [0.3, 0.4) is 0 Å². The predicted octanol–water partition coefficient (Wildman–Crippen LogP) is 2.81. The summed E-state index contributed by atoms with van der Waals surface area (Å²) >= 11 is 5.73. The molecule has 1 aliphatic heterocycles. The van der Waals surface area contributed by atoms with Crippen LogP contribution in [0, 0.1) is 5.82 Å². The maximum Gasteiger partial charge on any atom is 0.238 e. The molecule has 8 heteroatoms. The predicted molar refractivity (Wildman–Crippen MR) is 99.9 cm³/mol. The molecule has 1 N–H and O–H groups in total. The molecule has 0 bridgehead atoms. The van der Waals surface area contributed by atoms with Crippen LogP contribution < -0.4 is 10.2 Å². The van der Waals surface area contributed by atoms with Gasteiger partial charge in [0.2, 0.25) is 5.91 Å². The van der Waals surface area contributed by atoms with Crippen molar-refractivity contribution >= 4 is 29.0 Å². The van der Waals surface area contributed by atoms with Gasteiger partial charge in [-0.2, -0.15) is 5.10 Å². The summed E-state index contributed by atoms with van der Waals surface area (Å²) < 4.78 is 13.2. The Labute approximate surface area is 157 Å². The van der Waals surface area contributed by atoms with E-state index in [1.807, 2.05) is 19.2 Å². The number of rotatable bonds is 5. The van der Waals surface area contributed by atoms with Crippen molar-refractivity contribution in [3.63, 3.8) is 0 Å². The van der Waals surface area contributed by atoms with E-state index in [9.17, 15) is 9.18 Å². The van der Waals surface area contributed by atoms with Gasteiger partial charge in [0.05, 0.1) is 11.6 Å². The number of halogens is 2. The number of nitrogens with one attached hydrogen (secondary N) is 1. The number of anilines is 2. The quantitative estimate of drug-likeness (QED) is 0.868. The lowest BCUT2D eigenvalue weighted by Crippen LogP contribution is -2.46. The van der Waals surface area contributed by atoms with Gasteiger partial charge in [0.1, 0.15) is 5.82 Å². The lowest BCUT2D eigenvalue weighted by Gasteiger charge is -2.36. The van der Waals surface area contributed by atoms with Crippen molar-refractivity contribution in [2.24, 2.45) is 0 Å².